The van der Waals surface area contributed by atoms with Crippen molar-refractivity contribution in [3.05, 3.63) is 69.2 Å². The van der Waals surface area contributed by atoms with Gasteiger partial charge in [-0.15, -0.1) is 0 Å². The number of carbonyl (C=O) groups excluding carboxylic acids is 1. The maximum absolute atomic E-state index is 12.2. The molecule has 22 heavy (non-hydrogen) atoms. The molecule has 5 nitrogen and oxygen atoms in total. The monoisotopic (exact) mass is 316 g/mol. The van der Waals surface area contributed by atoms with Crippen molar-refractivity contribution < 1.29 is 9.72 Å². The van der Waals surface area contributed by atoms with E-state index in [4.69, 9.17) is 11.6 Å². The number of benzene rings is 2. The van der Waals surface area contributed by atoms with Gasteiger partial charge < -0.3 is 5.32 Å². The first-order valence-electron chi connectivity index (χ1n) is 6.86. The van der Waals surface area contributed by atoms with Gasteiger partial charge in [-0.2, -0.15) is 0 Å². The predicted molar refractivity (Wildman–Crippen MR) is 84.0 cm³/mol. The number of hydrogen-bond acceptors (Lipinski definition) is 3. The molecule has 1 fully saturated rings. The Bertz CT molecular complexity index is 733. The molecular weight excluding hydrogens is 304 g/mol. The van der Waals surface area contributed by atoms with Gasteiger partial charge >= 0.3 is 0 Å². The molecule has 2 atom stereocenters. The number of nitrogens with one attached hydrogen (secondary N) is 1. The molecule has 0 aliphatic heterocycles. The molecule has 0 aromatic heterocycles. The summed E-state index contributed by atoms with van der Waals surface area (Å²) in [5, 5.41) is 13.6. The third-order valence-electron chi connectivity index (χ3n) is 3.77. The van der Waals surface area contributed by atoms with Crippen LogP contribution in [0.5, 0.6) is 0 Å². The third-order valence-corrected chi connectivity index (χ3v) is 4.08. The van der Waals surface area contributed by atoms with Crippen molar-refractivity contribution in [3.63, 3.8) is 0 Å². The van der Waals surface area contributed by atoms with Crippen molar-refractivity contribution in [1.82, 2.24) is 0 Å². The predicted octanol–water partition coefficient (Wildman–Crippen LogP) is 3.99. The van der Waals surface area contributed by atoms with Gasteiger partial charge in [0.2, 0.25) is 5.91 Å². The summed E-state index contributed by atoms with van der Waals surface area (Å²) in [6, 6.07) is 14.1. The second-order valence-corrected chi connectivity index (χ2v) is 5.68. The molecule has 2 aromatic rings. The molecule has 1 aliphatic rings. The Morgan fingerprint density at radius 1 is 1.23 bits per heavy atom. The minimum Gasteiger partial charge on any atom is -0.326 e. The number of halogens is 1. The highest BCUT2D eigenvalue weighted by molar-refractivity contribution is 6.32. The van der Waals surface area contributed by atoms with Gasteiger partial charge in [-0.05, 0) is 30.0 Å². The molecule has 0 radical (unpaired) electrons. The van der Waals surface area contributed by atoms with Gasteiger partial charge in [-0.25, -0.2) is 0 Å². The zero-order valence-corrected chi connectivity index (χ0v) is 12.3. The number of nitrogens with zero attached hydrogens (tertiary/aromatic N) is 1. The standard InChI is InChI=1S/C16H13ClN2O3/c17-14-7-6-11(8-15(14)19(21)22)18-16(20)13-9-12(13)10-4-2-1-3-5-10/h1-8,12-13H,9H2,(H,18,20)/t12-,13+/m1/s1. The molecule has 6 heteroatoms. The Hall–Kier alpha value is -2.40. The molecule has 1 N–H and O–H groups in total. The summed E-state index contributed by atoms with van der Waals surface area (Å²) < 4.78 is 0. The summed E-state index contributed by atoms with van der Waals surface area (Å²) in [5.74, 6) is 0.0195. The van der Waals surface area contributed by atoms with Crippen molar-refractivity contribution in [2.45, 2.75) is 12.3 Å². The molecule has 112 valence electrons. The zero-order valence-electron chi connectivity index (χ0n) is 11.5. The lowest BCUT2D eigenvalue weighted by molar-refractivity contribution is -0.384. The highest BCUT2D eigenvalue weighted by Crippen LogP contribution is 2.48. The van der Waals surface area contributed by atoms with Gasteiger partial charge in [-0.1, -0.05) is 41.9 Å². The fourth-order valence-electron chi connectivity index (χ4n) is 2.52. The summed E-state index contributed by atoms with van der Waals surface area (Å²) in [6.07, 6.45) is 0.797. The Balaban J connectivity index is 1.69. The summed E-state index contributed by atoms with van der Waals surface area (Å²) in [7, 11) is 0. The average Bonchev–Trinajstić information content (AvgIpc) is 3.30. The van der Waals surface area contributed by atoms with Gasteiger partial charge in [0.15, 0.2) is 0 Å². The lowest BCUT2D eigenvalue weighted by atomic mass is 10.1. The van der Waals surface area contributed by atoms with Gasteiger partial charge in [0.05, 0.1) is 4.92 Å². The van der Waals surface area contributed by atoms with E-state index in [1.165, 1.54) is 12.1 Å². The summed E-state index contributed by atoms with van der Waals surface area (Å²) in [5.41, 5.74) is 1.32. The molecule has 0 unspecified atom stereocenters. The van der Waals surface area contributed by atoms with Gasteiger partial charge in [0, 0.05) is 17.7 Å². The van der Waals surface area contributed by atoms with Gasteiger partial charge in [0.1, 0.15) is 5.02 Å². The van der Waals surface area contributed by atoms with Gasteiger partial charge in [0.25, 0.3) is 5.69 Å². The fourth-order valence-corrected chi connectivity index (χ4v) is 2.71. The lowest BCUT2D eigenvalue weighted by Gasteiger charge is -2.05. The molecule has 0 bridgehead atoms. The number of carbonyl (C=O) groups is 1. The van der Waals surface area contributed by atoms with Crippen LogP contribution in [-0.2, 0) is 4.79 Å². The van der Waals surface area contributed by atoms with Crippen LogP contribution >= 0.6 is 11.6 Å². The Morgan fingerprint density at radius 3 is 2.64 bits per heavy atom. The number of rotatable bonds is 4. The second-order valence-electron chi connectivity index (χ2n) is 5.27. The highest BCUT2D eigenvalue weighted by Gasteiger charge is 2.43. The van der Waals surface area contributed by atoms with E-state index in [0.717, 1.165) is 12.0 Å². The normalized spacial score (nSPS) is 19.5. The molecule has 0 heterocycles. The minimum atomic E-state index is -0.568. The van der Waals surface area contributed by atoms with Crippen LogP contribution < -0.4 is 5.32 Å². The number of hydrogen-bond donors (Lipinski definition) is 1. The second kappa shape index (κ2) is 5.77. The topological polar surface area (TPSA) is 72.2 Å². The number of amides is 1. The van der Waals surface area contributed by atoms with Crippen LogP contribution in [0.3, 0.4) is 0 Å². The van der Waals surface area contributed by atoms with E-state index in [0.29, 0.717) is 5.69 Å². The van der Waals surface area contributed by atoms with Crippen LogP contribution in [0.15, 0.2) is 48.5 Å². The highest BCUT2D eigenvalue weighted by atomic mass is 35.5. The van der Waals surface area contributed by atoms with Crippen molar-refractivity contribution in [2.24, 2.45) is 5.92 Å². The van der Waals surface area contributed by atoms with Crippen LogP contribution in [0.4, 0.5) is 11.4 Å². The SMILES string of the molecule is O=C(Nc1ccc(Cl)c([N+](=O)[O-])c1)[C@H]1C[C@@H]1c1ccccc1. The Kier molecular flexibility index (Phi) is 3.81. The smallest absolute Gasteiger partial charge is 0.289 e. The summed E-state index contributed by atoms with van der Waals surface area (Å²) in [4.78, 5) is 22.5. The van der Waals surface area contributed by atoms with E-state index >= 15 is 0 Å². The largest absolute Gasteiger partial charge is 0.326 e. The number of nitro groups is 1. The Labute approximate surface area is 132 Å². The summed E-state index contributed by atoms with van der Waals surface area (Å²) in [6.45, 7) is 0. The number of anilines is 1. The number of nitro benzene ring substituents is 1. The van der Waals surface area contributed by atoms with E-state index in [9.17, 15) is 14.9 Å². The first-order valence-corrected chi connectivity index (χ1v) is 7.24. The molecule has 1 aliphatic carbocycles. The van der Waals surface area contributed by atoms with E-state index in [-0.39, 0.29) is 28.5 Å². The average molecular weight is 317 g/mol. The van der Waals surface area contributed by atoms with Crippen LogP contribution in [0.25, 0.3) is 0 Å². The molecule has 1 saturated carbocycles. The van der Waals surface area contributed by atoms with Crippen molar-refractivity contribution in [2.75, 3.05) is 5.32 Å². The maximum atomic E-state index is 12.2. The molecule has 0 spiro atoms. The summed E-state index contributed by atoms with van der Waals surface area (Å²) >= 11 is 5.75. The molecule has 0 saturated heterocycles. The van der Waals surface area contributed by atoms with Crippen molar-refractivity contribution in [1.29, 1.82) is 0 Å². The van der Waals surface area contributed by atoms with Gasteiger partial charge in [-0.3, -0.25) is 14.9 Å². The fraction of sp³-hybridized carbons (Fsp3) is 0.188. The third kappa shape index (κ3) is 2.94. The quantitative estimate of drug-likeness (QED) is 0.684. The van der Waals surface area contributed by atoms with E-state index < -0.39 is 4.92 Å². The molecule has 2 aromatic carbocycles. The first-order chi connectivity index (χ1) is 10.6. The zero-order chi connectivity index (χ0) is 15.7. The van der Waals surface area contributed by atoms with Crippen LogP contribution in [0.2, 0.25) is 5.02 Å². The van der Waals surface area contributed by atoms with Crippen molar-refractivity contribution >= 4 is 28.9 Å². The van der Waals surface area contributed by atoms with Crippen molar-refractivity contribution in [3.8, 4) is 0 Å². The Morgan fingerprint density at radius 2 is 1.95 bits per heavy atom. The molecular formula is C16H13ClN2O3. The minimum absolute atomic E-state index is 0.0524. The van der Waals surface area contributed by atoms with E-state index in [1.54, 1.807) is 6.07 Å². The molecule has 3 rings (SSSR count). The van der Waals surface area contributed by atoms with Crippen LogP contribution in [0, 0.1) is 16.0 Å². The van der Waals surface area contributed by atoms with Crippen LogP contribution in [0.1, 0.15) is 17.9 Å². The maximum Gasteiger partial charge on any atom is 0.289 e. The van der Waals surface area contributed by atoms with Crippen LogP contribution in [-0.4, -0.2) is 10.8 Å². The molecule has 1 amide bonds. The first kappa shape index (κ1) is 14.5. The lowest BCUT2D eigenvalue weighted by Crippen LogP contribution is -2.14. The van der Waals surface area contributed by atoms with E-state index in [1.807, 2.05) is 30.3 Å². The van der Waals surface area contributed by atoms with E-state index in [2.05, 4.69) is 5.32 Å².